The minimum Gasteiger partial charge on any atom is -0.456 e. The van der Waals surface area contributed by atoms with Gasteiger partial charge < -0.3 is 8.83 Å². The van der Waals surface area contributed by atoms with Gasteiger partial charge in [-0.05, 0) is 99.1 Å². The summed E-state index contributed by atoms with van der Waals surface area (Å²) in [5, 5.41) is 4.42. The molecule has 0 aliphatic carbocycles. The summed E-state index contributed by atoms with van der Waals surface area (Å²) < 4.78 is 12.6. The maximum absolute atomic E-state index is 6.30. The highest BCUT2D eigenvalue weighted by atomic mass is 16.3. The molecular formula is C57H35N3O2. The van der Waals surface area contributed by atoms with Crippen molar-refractivity contribution in [2.45, 2.75) is 0 Å². The molecule has 0 aliphatic heterocycles. The second-order valence-corrected chi connectivity index (χ2v) is 15.6. The zero-order chi connectivity index (χ0) is 41.0. The van der Waals surface area contributed by atoms with E-state index in [-0.39, 0.29) is 0 Å². The molecule has 0 saturated carbocycles. The zero-order valence-corrected chi connectivity index (χ0v) is 33.4. The maximum Gasteiger partial charge on any atom is 0.164 e. The molecule has 12 aromatic rings. The predicted molar refractivity (Wildman–Crippen MR) is 252 cm³/mol. The number of benzene rings is 9. The second kappa shape index (κ2) is 14.7. The molecule has 0 N–H and O–H groups in total. The van der Waals surface area contributed by atoms with Crippen molar-refractivity contribution in [1.29, 1.82) is 0 Å². The zero-order valence-electron chi connectivity index (χ0n) is 33.4. The summed E-state index contributed by atoms with van der Waals surface area (Å²) >= 11 is 0. The van der Waals surface area contributed by atoms with Crippen molar-refractivity contribution in [1.82, 2.24) is 15.0 Å². The summed E-state index contributed by atoms with van der Waals surface area (Å²) in [4.78, 5) is 15.3. The van der Waals surface area contributed by atoms with E-state index < -0.39 is 0 Å². The predicted octanol–water partition coefficient (Wildman–Crippen LogP) is 15.3. The summed E-state index contributed by atoms with van der Waals surface area (Å²) in [5.41, 5.74) is 14.9. The normalized spacial score (nSPS) is 11.5. The van der Waals surface area contributed by atoms with Crippen LogP contribution in [0.2, 0.25) is 0 Å². The molecular weight excluding hydrogens is 759 g/mol. The second-order valence-electron chi connectivity index (χ2n) is 15.6. The molecule has 0 amide bonds. The molecule has 0 spiro atoms. The van der Waals surface area contributed by atoms with Crippen molar-refractivity contribution in [3.8, 4) is 78.7 Å². The first-order valence-corrected chi connectivity index (χ1v) is 20.7. The summed E-state index contributed by atoms with van der Waals surface area (Å²) in [5.74, 6) is 1.83. The van der Waals surface area contributed by atoms with E-state index in [9.17, 15) is 0 Å². The van der Waals surface area contributed by atoms with Crippen LogP contribution in [0.3, 0.4) is 0 Å². The monoisotopic (exact) mass is 793 g/mol. The lowest BCUT2D eigenvalue weighted by molar-refractivity contribution is 0.668. The van der Waals surface area contributed by atoms with Crippen LogP contribution in [-0.2, 0) is 0 Å². The molecule has 0 radical (unpaired) electrons. The van der Waals surface area contributed by atoms with Gasteiger partial charge in [-0.15, -0.1) is 0 Å². The molecule has 0 atom stereocenters. The number of hydrogen-bond acceptors (Lipinski definition) is 5. The molecule has 9 aromatic carbocycles. The molecule has 290 valence electrons. The average molecular weight is 794 g/mol. The van der Waals surface area contributed by atoms with Gasteiger partial charge in [0.15, 0.2) is 17.5 Å². The Labute approximate surface area is 357 Å². The van der Waals surface area contributed by atoms with E-state index in [2.05, 4.69) is 115 Å². The standard InChI is InChI=1S/C57H35N3O2/c1-3-15-36(16-4-1)55-58-56(37-17-5-2-6-18-37)60-57(59-55)44-34-42(38-19-11-21-40(31-38)45-25-13-29-51-53(45)47-23-7-9-27-49(47)61-51)33-43(35-44)39-20-12-22-41(32-39)46-26-14-30-52-54(46)48-24-8-10-28-50(48)62-52/h1-35H. The van der Waals surface area contributed by atoms with Gasteiger partial charge >= 0.3 is 0 Å². The van der Waals surface area contributed by atoms with E-state index in [1.54, 1.807) is 0 Å². The Morgan fingerprint density at radius 2 is 0.581 bits per heavy atom. The highest BCUT2D eigenvalue weighted by Crippen LogP contribution is 2.41. The minimum atomic E-state index is 0.595. The highest BCUT2D eigenvalue weighted by molar-refractivity contribution is 6.13. The van der Waals surface area contributed by atoms with Crippen LogP contribution in [-0.4, -0.2) is 15.0 Å². The van der Waals surface area contributed by atoms with Crippen molar-refractivity contribution in [3.63, 3.8) is 0 Å². The first kappa shape index (κ1) is 35.5. The molecule has 0 aliphatic rings. The lowest BCUT2D eigenvalue weighted by Gasteiger charge is -2.14. The molecule has 3 aromatic heterocycles. The summed E-state index contributed by atoms with van der Waals surface area (Å²) in [7, 11) is 0. The highest BCUT2D eigenvalue weighted by Gasteiger charge is 2.18. The molecule has 0 unspecified atom stereocenters. The van der Waals surface area contributed by atoms with Crippen LogP contribution in [0.25, 0.3) is 123 Å². The van der Waals surface area contributed by atoms with Gasteiger partial charge in [0.05, 0.1) is 0 Å². The minimum absolute atomic E-state index is 0.595. The Hall–Kier alpha value is -8.41. The number of fused-ring (bicyclic) bond motifs is 6. The van der Waals surface area contributed by atoms with Crippen LogP contribution in [0.4, 0.5) is 0 Å². The number of para-hydroxylation sites is 2. The van der Waals surface area contributed by atoms with Crippen LogP contribution in [0.1, 0.15) is 0 Å². The van der Waals surface area contributed by atoms with Crippen LogP contribution in [0.15, 0.2) is 221 Å². The van der Waals surface area contributed by atoms with E-state index in [1.807, 2.05) is 97.1 Å². The van der Waals surface area contributed by atoms with Gasteiger partial charge in [-0.25, -0.2) is 15.0 Å². The fourth-order valence-corrected chi connectivity index (χ4v) is 8.79. The van der Waals surface area contributed by atoms with Gasteiger partial charge in [0.25, 0.3) is 0 Å². The van der Waals surface area contributed by atoms with E-state index in [0.717, 1.165) is 105 Å². The third-order valence-corrected chi connectivity index (χ3v) is 11.7. The molecule has 0 bridgehead atoms. The van der Waals surface area contributed by atoms with Gasteiger partial charge in [-0.1, -0.05) is 158 Å². The van der Waals surface area contributed by atoms with Crippen molar-refractivity contribution >= 4 is 43.9 Å². The molecule has 3 heterocycles. The SMILES string of the molecule is c1ccc(-c2nc(-c3ccccc3)nc(-c3cc(-c4cccc(-c5cccc6oc7ccccc7c56)c4)cc(-c4cccc(-c5cccc6oc7ccccc7c56)c4)c3)n2)cc1. The Kier molecular flexibility index (Phi) is 8.42. The van der Waals surface area contributed by atoms with Crippen LogP contribution in [0, 0.1) is 0 Å². The summed E-state index contributed by atoms with van der Waals surface area (Å²) in [6.45, 7) is 0. The number of aromatic nitrogens is 3. The average Bonchev–Trinajstić information content (AvgIpc) is 3.93. The lowest BCUT2D eigenvalue weighted by Crippen LogP contribution is -2.00. The van der Waals surface area contributed by atoms with E-state index >= 15 is 0 Å². The van der Waals surface area contributed by atoms with Crippen molar-refractivity contribution in [2.24, 2.45) is 0 Å². The van der Waals surface area contributed by atoms with Gasteiger partial charge in [-0.3, -0.25) is 0 Å². The summed E-state index contributed by atoms with van der Waals surface area (Å²) in [6, 6.07) is 73.6. The Bertz CT molecular complexity index is 3410. The third-order valence-electron chi connectivity index (χ3n) is 11.7. The topological polar surface area (TPSA) is 65.0 Å². The van der Waals surface area contributed by atoms with Crippen LogP contribution in [0.5, 0.6) is 0 Å². The Balaban J connectivity index is 1.06. The maximum atomic E-state index is 6.30. The fourth-order valence-electron chi connectivity index (χ4n) is 8.79. The van der Waals surface area contributed by atoms with Gasteiger partial charge in [0, 0.05) is 38.2 Å². The quantitative estimate of drug-likeness (QED) is 0.161. The van der Waals surface area contributed by atoms with Gasteiger partial charge in [0.1, 0.15) is 22.3 Å². The van der Waals surface area contributed by atoms with Crippen LogP contribution >= 0.6 is 0 Å². The molecule has 12 rings (SSSR count). The van der Waals surface area contributed by atoms with E-state index in [4.69, 9.17) is 23.8 Å². The first-order chi connectivity index (χ1) is 30.7. The Morgan fingerprint density at radius 3 is 1.06 bits per heavy atom. The molecule has 0 saturated heterocycles. The molecule has 62 heavy (non-hydrogen) atoms. The van der Waals surface area contributed by atoms with E-state index in [1.165, 1.54) is 0 Å². The Morgan fingerprint density at radius 1 is 0.242 bits per heavy atom. The molecule has 5 heteroatoms. The summed E-state index contributed by atoms with van der Waals surface area (Å²) in [6.07, 6.45) is 0. The number of nitrogens with zero attached hydrogens (tertiary/aromatic N) is 3. The fraction of sp³-hybridized carbons (Fsp3) is 0. The number of rotatable bonds is 7. The number of furan rings is 2. The van der Waals surface area contributed by atoms with E-state index in [0.29, 0.717) is 17.5 Å². The molecule has 0 fully saturated rings. The lowest BCUT2D eigenvalue weighted by atomic mass is 9.91. The van der Waals surface area contributed by atoms with Gasteiger partial charge in [-0.2, -0.15) is 0 Å². The van der Waals surface area contributed by atoms with Crippen molar-refractivity contribution < 1.29 is 8.83 Å². The largest absolute Gasteiger partial charge is 0.456 e. The number of hydrogen-bond donors (Lipinski definition) is 0. The van der Waals surface area contributed by atoms with Crippen LogP contribution < -0.4 is 0 Å². The van der Waals surface area contributed by atoms with Crippen molar-refractivity contribution in [2.75, 3.05) is 0 Å². The smallest absolute Gasteiger partial charge is 0.164 e. The first-order valence-electron chi connectivity index (χ1n) is 20.7. The third kappa shape index (κ3) is 6.23. The molecule has 5 nitrogen and oxygen atoms in total. The van der Waals surface area contributed by atoms with Crippen molar-refractivity contribution in [3.05, 3.63) is 212 Å². The van der Waals surface area contributed by atoms with Gasteiger partial charge in [0.2, 0.25) is 0 Å².